The molecule has 0 spiro atoms. The molecule has 1 aliphatic rings. The Kier molecular flexibility index (Phi) is 7.85. The summed E-state index contributed by atoms with van der Waals surface area (Å²) < 4.78 is 5.29. The van der Waals surface area contributed by atoms with E-state index in [1.807, 2.05) is 80.6 Å². The Hall–Kier alpha value is -4.91. The average Bonchev–Trinajstić information content (AvgIpc) is 3.29. The van der Waals surface area contributed by atoms with Crippen molar-refractivity contribution in [1.29, 1.82) is 0 Å². The largest absolute Gasteiger partial charge is 0.497 e. The van der Waals surface area contributed by atoms with Crippen molar-refractivity contribution in [2.75, 3.05) is 12.4 Å². The first-order valence-electron chi connectivity index (χ1n) is 13.8. The molecule has 1 aliphatic heterocycles. The van der Waals surface area contributed by atoms with Gasteiger partial charge in [0.15, 0.2) is 5.78 Å². The molecule has 0 aromatic heterocycles. The molecule has 2 amide bonds. The minimum Gasteiger partial charge on any atom is -0.497 e. The van der Waals surface area contributed by atoms with E-state index in [4.69, 9.17) is 4.74 Å². The fraction of sp³-hybridized carbons (Fsp3) is 0.229. The summed E-state index contributed by atoms with van der Waals surface area (Å²) in [6.07, 6.45) is 0. The SMILES string of the molecule is COc1ccc(C(=O)C2C(c3ccc(C)cc3)N(C(=O)Nc3ccc(C)cc3)C(C)(C(=O)O)C2c2ccccc2)cc1. The topological polar surface area (TPSA) is 95.9 Å². The van der Waals surface area contributed by atoms with Gasteiger partial charge >= 0.3 is 12.0 Å². The minimum atomic E-state index is -1.78. The number of Topliss-reactive ketones (excluding diaryl/α,β-unsaturated/α-hetero) is 1. The van der Waals surface area contributed by atoms with Crippen LogP contribution in [0.2, 0.25) is 0 Å². The van der Waals surface area contributed by atoms with Crippen molar-refractivity contribution in [3.05, 3.63) is 131 Å². The van der Waals surface area contributed by atoms with Crippen molar-refractivity contribution in [3.63, 3.8) is 0 Å². The molecule has 7 heteroatoms. The van der Waals surface area contributed by atoms with Gasteiger partial charge in [0, 0.05) is 17.2 Å². The van der Waals surface area contributed by atoms with Gasteiger partial charge in [0.1, 0.15) is 11.3 Å². The quantitative estimate of drug-likeness (QED) is 0.236. The molecule has 42 heavy (non-hydrogen) atoms. The van der Waals surface area contributed by atoms with Gasteiger partial charge < -0.3 is 15.2 Å². The molecule has 1 fully saturated rings. The van der Waals surface area contributed by atoms with Crippen molar-refractivity contribution in [1.82, 2.24) is 4.90 Å². The first-order chi connectivity index (χ1) is 20.1. The molecule has 214 valence electrons. The maximum absolute atomic E-state index is 14.6. The summed E-state index contributed by atoms with van der Waals surface area (Å²) in [6.45, 7) is 5.44. The fourth-order valence-electron chi connectivity index (χ4n) is 6.08. The molecule has 5 rings (SSSR count). The number of carboxylic acid groups (broad SMARTS) is 1. The highest BCUT2D eigenvalue weighted by molar-refractivity contribution is 6.03. The first kappa shape index (κ1) is 28.6. The summed E-state index contributed by atoms with van der Waals surface area (Å²) in [5.41, 5.74) is 2.53. The lowest BCUT2D eigenvalue weighted by molar-refractivity contribution is -0.148. The van der Waals surface area contributed by atoms with Crippen LogP contribution in [0.15, 0.2) is 103 Å². The van der Waals surface area contributed by atoms with Gasteiger partial charge in [-0.2, -0.15) is 0 Å². The third-order valence-corrected chi connectivity index (χ3v) is 8.29. The second kappa shape index (κ2) is 11.5. The summed E-state index contributed by atoms with van der Waals surface area (Å²) >= 11 is 0. The van der Waals surface area contributed by atoms with Crippen LogP contribution in [0, 0.1) is 19.8 Å². The Bertz CT molecular complexity index is 1580. The van der Waals surface area contributed by atoms with Crippen LogP contribution in [0.4, 0.5) is 10.5 Å². The van der Waals surface area contributed by atoms with E-state index in [0.717, 1.165) is 11.1 Å². The van der Waals surface area contributed by atoms with Crippen LogP contribution in [0.3, 0.4) is 0 Å². The van der Waals surface area contributed by atoms with Gasteiger partial charge in [0.25, 0.3) is 0 Å². The van der Waals surface area contributed by atoms with E-state index in [1.54, 1.807) is 50.4 Å². The number of carbonyl (C=O) groups excluding carboxylic acids is 2. The maximum atomic E-state index is 14.6. The summed E-state index contributed by atoms with van der Waals surface area (Å²) in [6, 6.07) is 29.3. The van der Waals surface area contributed by atoms with Crippen LogP contribution in [0.1, 0.15) is 51.5 Å². The number of nitrogens with one attached hydrogen (secondary N) is 1. The molecule has 0 bridgehead atoms. The standard InChI is InChI=1S/C35H34N2O5/c1-22-10-14-25(15-11-22)31-29(32(38)26-16-20-28(42-4)21-17-26)30(24-8-6-5-7-9-24)35(3,33(39)40)37(31)34(41)36-27-18-12-23(2)13-19-27/h5-21,29-31H,1-4H3,(H,36,41)(H,39,40). The number of hydrogen-bond donors (Lipinski definition) is 2. The predicted octanol–water partition coefficient (Wildman–Crippen LogP) is 7.03. The zero-order valence-electron chi connectivity index (χ0n) is 24.1. The van der Waals surface area contributed by atoms with Gasteiger partial charge in [-0.3, -0.25) is 9.69 Å². The third-order valence-electron chi connectivity index (χ3n) is 8.29. The number of methoxy groups -OCH3 is 1. The van der Waals surface area contributed by atoms with Gasteiger partial charge in [-0.25, -0.2) is 9.59 Å². The van der Waals surface area contributed by atoms with E-state index in [2.05, 4.69) is 5.32 Å². The van der Waals surface area contributed by atoms with Crippen LogP contribution in [0.5, 0.6) is 5.75 Å². The van der Waals surface area contributed by atoms with E-state index in [-0.39, 0.29) is 5.78 Å². The number of nitrogens with zero attached hydrogens (tertiary/aromatic N) is 1. The maximum Gasteiger partial charge on any atom is 0.330 e. The number of carbonyl (C=O) groups is 3. The van der Waals surface area contributed by atoms with Crippen molar-refractivity contribution < 1.29 is 24.2 Å². The van der Waals surface area contributed by atoms with Crippen LogP contribution >= 0.6 is 0 Å². The van der Waals surface area contributed by atoms with Crippen LogP contribution < -0.4 is 10.1 Å². The molecular weight excluding hydrogens is 528 g/mol. The Morgan fingerprint density at radius 3 is 1.90 bits per heavy atom. The highest BCUT2D eigenvalue weighted by Gasteiger charge is 2.65. The molecule has 4 unspecified atom stereocenters. The predicted molar refractivity (Wildman–Crippen MR) is 162 cm³/mol. The molecule has 7 nitrogen and oxygen atoms in total. The Morgan fingerprint density at radius 2 is 1.36 bits per heavy atom. The van der Waals surface area contributed by atoms with Gasteiger partial charge in [0.05, 0.1) is 19.1 Å². The fourth-order valence-corrected chi connectivity index (χ4v) is 6.08. The van der Waals surface area contributed by atoms with Crippen molar-refractivity contribution in [2.45, 2.75) is 38.3 Å². The molecule has 1 heterocycles. The van der Waals surface area contributed by atoms with E-state index < -0.39 is 35.4 Å². The number of urea groups is 1. The zero-order chi connectivity index (χ0) is 30.0. The van der Waals surface area contributed by atoms with Gasteiger partial charge in [-0.1, -0.05) is 77.9 Å². The lowest BCUT2D eigenvalue weighted by Gasteiger charge is -2.37. The number of aryl methyl sites for hydroxylation is 2. The summed E-state index contributed by atoms with van der Waals surface area (Å²) in [4.78, 5) is 43.6. The van der Waals surface area contributed by atoms with Gasteiger partial charge in [-0.05, 0) is 68.3 Å². The number of carboxylic acids is 1. The second-order valence-corrected chi connectivity index (χ2v) is 11.0. The summed E-state index contributed by atoms with van der Waals surface area (Å²) in [7, 11) is 1.55. The highest BCUT2D eigenvalue weighted by Crippen LogP contribution is 2.56. The number of hydrogen-bond acceptors (Lipinski definition) is 4. The van der Waals surface area contributed by atoms with Crippen molar-refractivity contribution in [2.24, 2.45) is 5.92 Å². The van der Waals surface area contributed by atoms with E-state index in [9.17, 15) is 19.5 Å². The van der Waals surface area contributed by atoms with Gasteiger partial charge in [0.2, 0.25) is 0 Å². The normalized spacial score (nSPS) is 21.5. The third kappa shape index (κ3) is 5.14. The Balaban J connectivity index is 1.74. The molecule has 4 atom stereocenters. The number of amides is 2. The molecule has 0 aliphatic carbocycles. The number of ketones is 1. The number of likely N-dealkylation sites (tertiary alicyclic amines) is 1. The van der Waals surface area contributed by atoms with Crippen LogP contribution in [-0.4, -0.2) is 40.4 Å². The minimum absolute atomic E-state index is 0.254. The average molecular weight is 563 g/mol. The molecule has 2 N–H and O–H groups in total. The number of rotatable bonds is 7. The molecular formula is C35H34N2O5. The molecule has 4 aromatic rings. The smallest absolute Gasteiger partial charge is 0.330 e. The van der Waals surface area contributed by atoms with Crippen molar-refractivity contribution in [3.8, 4) is 5.75 Å². The summed E-state index contributed by atoms with van der Waals surface area (Å²) in [5.74, 6) is -2.62. The number of ether oxygens (including phenoxy) is 1. The second-order valence-electron chi connectivity index (χ2n) is 11.0. The van der Waals surface area contributed by atoms with E-state index in [1.165, 1.54) is 4.90 Å². The molecule has 1 saturated heterocycles. The summed E-state index contributed by atoms with van der Waals surface area (Å²) in [5, 5.41) is 13.8. The molecule has 4 aromatic carbocycles. The molecule has 0 saturated carbocycles. The van der Waals surface area contributed by atoms with Crippen molar-refractivity contribution >= 4 is 23.5 Å². The van der Waals surface area contributed by atoms with Crippen LogP contribution in [-0.2, 0) is 4.79 Å². The number of anilines is 1. The zero-order valence-corrected chi connectivity index (χ0v) is 24.1. The monoisotopic (exact) mass is 562 g/mol. The molecule has 0 radical (unpaired) electrons. The van der Waals surface area contributed by atoms with Crippen LogP contribution in [0.25, 0.3) is 0 Å². The lowest BCUT2D eigenvalue weighted by atomic mass is 9.71. The van der Waals surface area contributed by atoms with Gasteiger partial charge in [-0.15, -0.1) is 0 Å². The highest BCUT2D eigenvalue weighted by atomic mass is 16.5. The first-order valence-corrected chi connectivity index (χ1v) is 13.8. The van der Waals surface area contributed by atoms with E-state index in [0.29, 0.717) is 28.1 Å². The number of aliphatic carboxylic acids is 1. The number of benzene rings is 4. The lowest BCUT2D eigenvalue weighted by Crippen LogP contribution is -2.55. The Morgan fingerprint density at radius 1 is 0.786 bits per heavy atom. The van der Waals surface area contributed by atoms with E-state index >= 15 is 0 Å². The Labute approximate surface area is 245 Å².